The van der Waals surface area contributed by atoms with Crippen LogP contribution in [0.2, 0.25) is 0 Å². The molecule has 116 valence electrons. The Balaban J connectivity index is 2.28. The van der Waals surface area contributed by atoms with Crippen molar-refractivity contribution in [2.75, 3.05) is 24.7 Å². The first-order chi connectivity index (χ1) is 9.93. The number of halogens is 2. The molecule has 0 bridgehead atoms. The van der Waals surface area contributed by atoms with Crippen molar-refractivity contribution in [2.24, 2.45) is 0 Å². The number of nitrogens with one attached hydrogen (secondary N) is 2. The predicted octanol–water partition coefficient (Wildman–Crippen LogP) is 1.69. The Labute approximate surface area is 123 Å². The highest BCUT2D eigenvalue weighted by molar-refractivity contribution is 7.19. The lowest BCUT2D eigenvalue weighted by Crippen LogP contribution is -2.25. The van der Waals surface area contributed by atoms with Crippen molar-refractivity contribution < 1.29 is 23.1 Å². The number of alkyl halides is 2. The van der Waals surface area contributed by atoms with Gasteiger partial charge in [-0.05, 0) is 12.8 Å². The number of rotatable bonds is 6. The third kappa shape index (κ3) is 3.60. The van der Waals surface area contributed by atoms with Crippen LogP contribution in [0.15, 0.2) is 0 Å². The minimum Gasteiger partial charge on any atom is -0.465 e. The zero-order valence-electron chi connectivity index (χ0n) is 11.2. The molecule has 2 rings (SSSR count). The van der Waals surface area contributed by atoms with Crippen LogP contribution in [-0.2, 0) is 4.74 Å². The van der Waals surface area contributed by atoms with Crippen LogP contribution in [0, 0.1) is 0 Å². The van der Waals surface area contributed by atoms with Crippen LogP contribution >= 0.6 is 11.3 Å². The Hall–Kier alpha value is -1.90. The summed E-state index contributed by atoms with van der Waals surface area (Å²) in [7, 11) is 1.15. The molecule has 1 fully saturated rings. The number of anilines is 2. The average molecular weight is 319 g/mol. The highest BCUT2D eigenvalue weighted by Crippen LogP contribution is 2.36. The van der Waals surface area contributed by atoms with Crippen molar-refractivity contribution in [3.8, 4) is 0 Å². The third-order valence-electron chi connectivity index (χ3n) is 2.87. The van der Waals surface area contributed by atoms with Gasteiger partial charge in [-0.2, -0.15) is 0 Å². The van der Waals surface area contributed by atoms with E-state index in [0.717, 1.165) is 31.3 Å². The van der Waals surface area contributed by atoms with E-state index < -0.39 is 24.8 Å². The quantitative estimate of drug-likeness (QED) is 0.694. The number of carbonyl (C=O) groups excluding carboxylic acids is 2. The zero-order valence-corrected chi connectivity index (χ0v) is 12.1. The Morgan fingerprint density at radius 2 is 2.14 bits per heavy atom. The molecule has 21 heavy (non-hydrogen) atoms. The van der Waals surface area contributed by atoms with Crippen LogP contribution in [0.25, 0.3) is 0 Å². The van der Waals surface area contributed by atoms with Crippen LogP contribution in [0.4, 0.5) is 19.5 Å². The first kappa shape index (κ1) is 15.5. The van der Waals surface area contributed by atoms with E-state index in [4.69, 9.17) is 5.73 Å². The third-order valence-corrected chi connectivity index (χ3v) is 4.03. The summed E-state index contributed by atoms with van der Waals surface area (Å²) in [5, 5.41) is 5.27. The Morgan fingerprint density at radius 1 is 1.48 bits per heavy atom. The van der Waals surface area contributed by atoms with Crippen LogP contribution in [0.5, 0.6) is 0 Å². The SMILES string of the molecule is COC(=O)c1c(NCC(F)F)sc(C(=O)NC2CC2)c1N. The van der Waals surface area contributed by atoms with Gasteiger partial charge >= 0.3 is 5.97 Å². The van der Waals surface area contributed by atoms with Gasteiger partial charge in [-0.3, -0.25) is 4.79 Å². The minimum absolute atomic E-state index is 0.0539. The lowest BCUT2D eigenvalue weighted by atomic mass is 10.2. The van der Waals surface area contributed by atoms with Crippen LogP contribution in [-0.4, -0.2) is 38.0 Å². The molecule has 0 aromatic carbocycles. The molecule has 1 aliphatic rings. The molecule has 4 N–H and O–H groups in total. The summed E-state index contributed by atoms with van der Waals surface area (Å²) in [6.07, 6.45) is -0.795. The molecule has 1 aliphatic carbocycles. The van der Waals surface area contributed by atoms with E-state index in [9.17, 15) is 18.4 Å². The maximum atomic E-state index is 12.3. The van der Waals surface area contributed by atoms with Gasteiger partial charge in [-0.15, -0.1) is 11.3 Å². The topological polar surface area (TPSA) is 93.4 Å². The number of ether oxygens (including phenoxy) is 1. The standard InChI is InChI=1S/C12H15F2N3O3S/c1-20-12(19)7-8(15)9(10(18)17-5-2-3-5)21-11(7)16-4-6(13)14/h5-6,16H,2-4,15H2,1H3,(H,17,18). The number of hydrogen-bond acceptors (Lipinski definition) is 6. The number of hydrogen-bond donors (Lipinski definition) is 3. The second kappa shape index (κ2) is 6.25. The van der Waals surface area contributed by atoms with Crippen molar-refractivity contribution in [1.29, 1.82) is 0 Å². The first-order valence-corrected chi connectivity index (χ1v) is 7.09. The van der Waals surface area contributed by atoms with Gasteiger partial charge in [0.25, 0.3) is 12.3 Å². The van der Waals surface area contributed by atoms with Crippen molar-refractivity contribution in [3.05, 3.63) is 10.4 Å². The number of thiophene rings is 1. The van der Waals surface area contributed by atoms with Crippen molar-refractivity contribution in [2.45, 2.75) is 25.3 Å². The fourth-order valence-electron chi connectivity index (χ4n) is 1.69. The number of nitrogen functional groups attached to an aromatic ring is 1. The van der Waals surface area contributed by atoms with Crippen LogP contribution in [0.3, 0.4) is 0 Å². The minimum atomic E-state index is -2.59. The first-order valence-electron chi connectivity index (χ1n) is 6.27. The summed E-state index contributed by atoms with van der Waals surface area (Å²) in [6, 6.07) is 0.123. The molecule has 1 saturated carbocycles. The Bertz CT molecular complexity index is 558. The largest absolute Gasteiger partial charge is 0.465 e. The number of nitrogens with two attached hydrogens (primary N) is 1. The predicted molar refractivity (Wildman–Crippen MR) is 75.1 cm³/mol. The molecule has 1 aromatic rings. The summed E-state index contributed by atoms with van der Waals surface area (Å²) < 4.78 is 29.2. The second-order valence-corrected chi connectivity index (χ2v) is 5.58. The van der Waals surface area contributed by atoms with Crippen molar-refractivity contribution in [3.63, 3.8) is 0 Å². The number of methoxy groups -OCH3 is 1. The molecule has 0 spiro atoms. The molecule has 1 aromatic heterocycles. The summed E-state index contributed by atoms with van der Waals surface area (Å²) >= 11 is 0.867. The zero-order chi connectivity index (χ0) is 15.6. The van der Waals surface area contributed by atoms with Gasteiger partial charge in [0.2, 0.25) is 0 Å². The van der Waals surface area contributed by atoms with E-state index in [1.54, 1.807) is 0 Å². The van der Waals surface area contributed by atoms with Gasteiger partial charge in [0.15, 0.2) is 0 Å². The van der Waals surface area contributed by atoms with E-state index in [-0.39, 0.29) is 27.2 Å². The normalized spacial score (nSPS) is 14.1. The molecule has 0 unspecified atom stereocenters. The summed E-state index contributed by atoms with van der Waals surface area (Å²) in [6.45, 7) is -0.645. The molecule has 0 atom stereocenters. The van der Waals surface area contributed by atoms with Gasteiger partial charge in [0, 0.05) is 6.04 Å². The van der Waals surface area contributed by atoms with E-state index in [0.29, 0.717) is 0 Å². The Kier molecular flexibility index (Phi) is 4.61. The van der Waals surface area contributed by atoms with Crippen molar-refractivity contribution >= 4 is 33.9 Å². The maximum Gasteiger partial charge on any atom is 0.343 e. The second-order valence-electron chi connectivity index (χ2n) is 4.56. The number of amides is 1. The van der Waals surface area contributed by atoms with Gasteiger partial charge in [0.1, 0.15) is 15.4 Å². The number of carbonyl (C=O) groups is 2. The molecule has 0 aliphatic heterocycles. The van der Waals surface area contributed by atoms with E-state index >= 15 is 0 Å². The average Bonchev–Trinajstić information content (AvgIpc) is 3.17. The van der Waals surface area contributed by atoms with Crippen molar-refractivity contribution in [1.82, 2.24) is 5.32 Å². The molecule has 6 nitrogen and oxygen atoms in total. The summed E-state index contributed by atoms with van der Waals surface area (Å²) in [5.41, 5.74) is 5.67. The molecule has 1 heterocycles. The van der Waals surface area contributed by atoms with Gasteiger partial charge in [-0.25, -0.2) is 13.6 Å². The van der Waals surface area contributed by atoms with E-state index in [1.807, 2.05) is 0 Å². The summed E-state index contributed by atoms with van der Waals surface area (Å²) in [5.74, 6) is -1.18. The summed E-state index contributed by atoms with van der Waals surface area (Å²) in [4.78, 5) is 23.9. The van der Waals surface area contributed by atoms with Gasteiger partial charge in [-0.1, -0.05) is 0 Å². The van der Waals surface area contributed by atoms with Crippen LogP contribution < -0.4 is 16.4 Å². The smallest absolute Gasteiger partial charge is 0.343 e. The molecule has 1 amide bonds. The van der Waals surface area contributed by atoms with E-state index in [1.165, 1.54) is 0 Å². The fraction of sp³-hybridized carbons (Fsp3) is 0.500. The lowest BCUT2D eigenvalue weighted by molar-refractivity contribution is 0.0603. The van der Waals surface area contributed by atoms with Crippen LogP contribution in [0.1, 0.15) is 32.9 Å². The molecule has 0 radical (unpaired) electrons. The molecule has 9 heteroatoms. The maximum absolute atomic E-state index is 12.3. The molecule has 0 saturated heterocycles. The van der Waals surface area contributed by atoms with Gasteiger partial charge < -0.3 is 21.1 Å². The lowest BCUT2D eigenvalue weighted by Gasteiger charge is -2.05. The Morgan fingerprint density at radius 3 is 2.67 bits per heavy atom. The fourth-order valence-corrected chi connectivity index (χ4v) is 2.71. The van der Waals surface area contributed by atoms with Gasteiger partial charge in [0.05, 0.1) is 19.3 Å². The highest BCUT2D eigenvalue weighted by atomic mass is 32.1. The van der Waals surface area contributed by atoms with E-state index in [2.05, 4.69) is 15.4 Å². The monoisotopic (exact) mass is 319 g/mol. The molecular weight excluding hydrogens is 304 g/mol. The molecular formula is C12H15F2N3O3S. The number of esters is 1. The highest BCUT2D eigenvalue weighted by Gasteiger charge is 2.30.